The lowest BCUT2D eigenvalue weighted by molar-refractivity contribution is 0.0636. The van der Waals surface area contributed by atoms with Crippen molar-refractivity contribution in [3.8, 4) is 0 Å². The molecule has 0 saturated heterocycles. The second-order valence-electron chi connectivity index (χ2n) is 10.6. The number of nitrogens with one attached hydrogen (secondary N) is 2. The second kappa shape index (κ2) is 12.8. The maximum absolute atomic E-state index is 13.2. The van der Waals surface area contributed by atoms with Crippen LogP contribution in [-0.2, 0) is 33.5 Å². The summed E-state index contributed by atoms with van der Waals surface area (Å²) in [5.74, 6) is 0. The van der Waals surface area contributed by atoms with Gasteiger partial charge in [-0.05, 0) is 64.7 Å². The lowest BCUT2D eigenvalue weighted by atomic mass is 9.98. The Labute approximate surface area is 226 Å². The average Bonchev–Trinajstić information content (AvgIpc) is 3.27. The zero-order valence-corrected chi connectivity index (χ0v) is 24.0. The van der Waals surface area contributed by atoms with Crippen molar-refractivity contribution >= 4 is 33.5 Å². The maximum Gasteiger partial charge on any atom is 0.413 e. The van der Waals surface area contributed by atoms with E-state index in [4.69, 9.17) is 9.47 Å². The fourth-order valence-electron chi connectivity index (χ4n) is 3.42. The highest BCUT2D eigenvalue weighted by Crippen LogP contribution is 2.33. The second-order valence-corrected chi connectivity index (χ2v) is 13.7. The van der Waals surface area contributed by atoms with Gasteiger partial charge in [0, 0.05) is 11.1 Å². The lowest BCUT2D eigenvalue weighted by Gasteiger charge is -2.25. The minimum Gasteiger partial charge on any atom is -0.444 e. The Kier molecular flexibility index (Phi) is 10.0. The van der Waals surface area contributed by atoms with E-state index in [1.54, 1.807) is 6.20 Å². The van der Waals surface area contributed by atoms with Crippen molar-refractivity contribution in [2.45, 2.75) is 71.0 Å². The van der Waals surface area contributed by atoms with E-state index >= 15 is 0 Å². The molecule has 0 spiro atoms. The Morgan fingerprint density at radius 1 is 1.03 bits per heavy atom. The number of carbonyl (C=O) groups is 1. The molecule has 7 nitrogen and oxygen atoms in total. The van der Waals surface area contributed by atoms with Crippen LogP contribution in [0.15, 0.2) is 60.8 Å². The molecule has 2 N–H and O–H groups in total. The van der Waals surface area contributed by atoms with E-state index in [2.05, 4.69) is 21.1 Å². The average molecular weight is 544 g/mol. The van der Waals surface area contributed by atoms with Crippen molar-refractivity contribution in [1.82, 2.24) is 9.71 Å². The fourth-order valence-corrected chi connectivity index (χ4v) is 5.19. The molecule has 0 aliphatic rings. The van der Waals surface area contributed by atoms with Gasteiger partial charge in [-0.1, -0.05) is 65.9 Å². The number of aromatic nitrogens is 1. The molecule has 1 amide bonds. The highest BCUT2D eigenvalue weighted by Gasteiger charge is 2.28. The molecule has 0 radical (unpaired) electrons. The van der Waals surface area contributed by atoms with Gasteiger partial charge in [-0.2, -0.15) is 0 Å². The van der Waals surface area contributed by atoms with E-state index in [1.807, 2.05) is 90.1 Å². The minimum atomic E-state index is -1.34. The third kappa shape index (κ3) is 9.34. The molecule has 1 heterocycles. The summed E-state index contributed by atoms with van der Waals surface area (Å²) in [5.41, 5.74) is 2.61. The molecule has 2 atom stereocenters. The molecule has 0 unspecified atom stereocenters. The molecule has 0 aliphatic carbocycles. The van der Waals surface area contributed by atoms with Crippen molar-refractivity contribution in [3.63, 3.8) is 0 Å². The summed E-state index contributed by atoms with van der Waals surface area (Å²) < 4.78 is 27.3. The van der Waals surface area contributed by atoms with Crippen LogP contribution in [0.2, 0.25) is 0 Å². The number of ether oxygens (including phenoxy) is 2. The third-order valence-corrected chi connectivity index (χ3v) is 7.73. The number of hydrogen-bond donors (Lipinski definition) is 2. The number of hydrogen-bond acceptors (Lipinski definition) is 6. The van der Waals surface area contributed by atoms with E-state index in [0.29, 0.717) is 24.8 Å². The van der Waals surface area contributed by atoms with Crippen LogP contribution >= 0.6 is 11.3 Å². The zero-order chi connectivity index (χ0) is 27.1. The summed E-state index contributed by atoms with van der Waals surface area (Å²) in [6, 6.07) is 17.8. The first-order valence-electron chi connectivity index (χ1n) is 12.3. The molecule has 9 heteroatoms. The van der Waals surface area contributed by atoms with Gasteiger partial charge in [0.2, 0.25) is 0 Å². The number of benzene rings is 2. The predicted molar refractivity (Wildman–Crippen MR) is 151 cm³/mol. The third-order valence-electron chi connectivity index (χ3n) is 5.19. The first kappa shape index (κ1) is 29.0. The topological polar surface area (TPSA) is 89.5 Å². The smallest absolute Gasteiger partial charge is 0.413 e. The van der Waals surface area contributed by atoms with Gasteiger partial charge >= 0.3 is 6.09 Å². The molecular formula is C28H37N3O4S2. The van der Waals surface area contributed by atoms with Crippen LogP contribution in [0.5, 0.6) is 0 Å². The van der Waals surface area contributed by atoms with Crippen LogP contribution in [0.25, 0.3) is 0 Å². The SMILES string of the molecule is CC(C)(C)OC(=O)Nc1ncc([C@@H](N[S@](=O)C(C)(C)C)c2ccccc2CCOCc2ccccc2)s1. The Morgan fingerprint density at radius 2 is 1.70 bits per heavy atom. The van der Waals surface area contributed by atoms with Gasteiger partial charge in [-0.3, -0.25) is 5.32 Å². The van der Waals surface area contributed by atoms with Crippen LogP contribution in [0, 0.1) is 0 Å². The Morgan fingerprint density at radius 3 is 2.38 bits per heavy atom. The summed E-state index contributed by atoms with van der Waals surface area (Å²) in [4.78, 5) is 17.5. The van der Waals surface area contributed by atoms with Gasteiger partial charge in [0.15, 0.2) is 5.13 Å². The van der Waals surface area contributed by atoms with Gasteiger partial charge in [-0.15, -0.1) is 0 Å². The van der Waals surface area contributed by atoms with Gasteiger partial charge in [0.1, 0.15) is 5.60 Å². The van der Waals surface area contributed by atoms with E-state index in [0.717, 1.165) is 21.6 Å². The summed E-state index contributed by atoms with van der Waals surface area (Å²) in [6.45, 7) is 12.3. The van der Waals surface area contributed by atoms with Gasteiger partial charge < -0.3 is 9.47 Å². The monoisotopic (exact) mass is 543 g/mol. The first-order chi connectivity index (χ1) is 17.4. The Hall–Kier alpha value is -2.59. The number of amides is 1. The zero-order valence-electron chi connectivity index (χ0n) is 22.4. The normalized spacial score (nSPS) is 13.7. The molecule has 3 aromatic rings. The highest BCUT2D eigenvalue weighted by atomic mass is 32.2. The summed E-state index contributed by atoms with van der Waals surface area (Å²) in [7, 11) is -1.34. The quantitative estimate of drug-likeness (QED) is 0.289. The van der Waals surface area contributed by atoms with Gasteiger partial charge in [0.25, 0.3) is 0 Å². The molecule has 0 fully saturated rings. The number of thiazole rings is 1. The lowest BCUT2D eigenvalue weighted by Crippen LogP contribution is -2.36. The van der Waals surface area contributed by atoms with Crippen molar-refractivity contribution < 1.29 is 18.5 Å². The fraction of sp³-hybridized carbons (Fsp3) is 0.429. The van der Waals surface area contributed by atoms with Crippen LogP contribution in [0.4, 0.5) is 9.93 Å². The molecule has 37 heavy (non-hydrogen) atoms. The molecule has 2 aromatic carbocycles. The standard InChI is InChI=1S/C28H37N3O4S2/c1-27(2,3)35-26(32)30-25-29-18-23(36-25)24(31-37(33)28(4,5)6)22-15-11-10-14-21(22)16-17-34-19-20-12-8-7-9-13-20/h7-15,18,24,31H,16-17,19H2,1-6H3,(H,29,30,32)/t24-,37+/m0/s1. The van der Waals surface area contributed by atoms with Crippen molar-refractivity contribution in [1.29, 1.82) is 0 Å². The molecule has 3 rings (SSSR count). The van der Waals surface area contributed by atoms with Gasteiger partial charge in [0.05, 0.1) is 35.0 Å². The molecule has 0 saturated carbocycles. The number of carbonyl (C=O) groups excluding carboxylic acids is 1. The van der Waals surface area contributed by atoms with E-state index in [1.165, 1.54) is 11.3 Å². The van der Waals surface area contributed by atoms with Crippen LogP contribution in [0.1, 0.15) is 69.2 Å². The molecule has 1 aromatic heterocycles. The van der Waals surface area contributed by atoms with Crippen LogP contribution in [-0.4, -0.2) is 32.2 Å². The van der Waals surface area contributed by atoms with Crippen LogP contribution in [0.3, 0.4) is 0 Å². The summed E-state index contributed by atoms with van der Waals surface area (Å²) >= 11 is 1.33. The minimum absolute atomic E-state index is 0.378. The molecule has 0 bridgehead atoms. The predicted octanol–water partition coefficient (Wildman–Crippen LogP) is 6.39. The van der Waals surface area contributed by atoms with E-state index in [-0.39, 0.29) is 6.04 Å². The Balaban J connectivity index is 1.80. The van der Waals surface area contributed by atoms with Crippen LogP contribution < -0.4 is 10.0 Å². The molecule has 0 aliphatic heterocycles. The van der Waals surface area contributed by atoms with E-state index < -0.39 is 27.4 Å². The van der Waals surface area contributed by atoms with E-state index in [9.17, 15) is 9.00 Å². The maximum atomic E-state index is 13.2. The first-order valence-corrected chi connectivity index (χ1v) is 14.2. The number of nitrogens with zero attached hydrogens (tertiary/aromatic N) is 1. The largest absolute Gasteiger partial charge is 0.444 e. The van der Waals surface area contributed by atoms with Crippen molar-refractivity contribution in [3.05, 3.63) is 82.4 Å². The van der Waals surface area contributed by atoms with Crippen molar-refractivity contribution in [2.75, 3.05) is 11.9 Å². The number of rotatable bonds is 10. The molecular weight excluding hydrogens is 506 g/mol. The number of anilines is 1. The van der Waals surface area contributed by atoms with Crippen molar-refractivity contribution in [2.24, 2.45) is 0 Å². The molecule has 200 valence electrons. The van der Waals surface area contributed by atoms with Gasteiger partial charge in [-0.25, -0.2) is 18.7 Å². The summed E-state index contributed by atoms with van der Waals surface area (Å²) in [5, 5.41) is 3.12. The Bertz CT molecular complexity index is 1180. The highest BCUT2D eigenvalue weighted by molar-refractivity contribution is 7.84. The summed E-state index contributed by atoms with van der Waals surface area (Å²) in [6.07, 6.45) is 1.84.